The summed E-state index contributed by atoms with van der Waals surface area (Å²) >= 11 is 1.53. The number of aromatic nitrogens is 2. The molecule has 2 aromatic rings. The topological polar surface area (TPSA) is 40.9 Å². The first kappa shape index (κ1) is 16.7. The molecule has 27 heavy (non-hydrogen) atoms. The van der Waals surface area contributed by atoms with Crippen LogP contribution in [0.25, 0.3) is 4.96 Å². The zero-order valence-corrected chi connectivity index (χ0v) is 16.6. The van der Waals surface area contributed by atoms with Crippen molar-refractivity contribution in [1.29, 1.82) is 0 Å². The highest BCUT2D eigenvalue weighted by Crippen LogP contribution is 2.55. The van der Waals surface area contributed by atoms with Gasteiger partial charge in [0.15, 0.2) is 4.96 Å². The van der Waals surface area contributed by atoms with Crippen molar-refractivity contribution in [3.8, 4) is 0 Å². The van der Waals surface area contributed by atoms with Gasteiger partial charge >= 0.3 is 0 Å². The van der Waals surface area contributed by atoms with Crippen LogP contribution < -0.4 is 5.56 Å². The normalized spacial score (nSPS) is 36.7. The van der Waals surface area contributed by atoms with Crippen LogP contribution in [0.4, 0.5) is 0 Å². The SMILES string of the molecule is O=c1cc(CN2CCN(C3C4CC5CC(C4)CC3C5)CC2)nc2sccn12. The zero-order valence-electron chi connectivity index (χ0n) is 15.8. The highest BCUT2D eigenvalue weighted by Gasteiger charge is 2.50. The van der Waals surface area contributed by atoms with E-state index in [9.17, 15) is 4.79 Å². The van der Waals surface area contributed by atoms with Gasteiger partial charge in [0, 0.05) is 56.4 Å². The van der Waals surface area contributed by atoms with Crippen LogP contribution in [0.5, 0.6) is 0 Å². The van der Waals surface area contributed by atoms with Crippen LogP contribution in [0, 0.1) is 23.7 Å². The molecule has 0 spiro atoms. The number of rotatable bonds is 3. The van der Waals surface area contributed by atoms with Crippen molar-refractivity contribution < 1.29 is 0 Å². The molecular formula is C21H28N4OS. The molecular weight excluding hydrogens is 356 g/mol. The fraction of sp³-hybridized carbons (Fsp3) is 0.714. The van der Waals surface area contributed by atoms with Gasteiger partial charge in [0.2, 0.25) is 0 Å². The molecule has 2 aromatic heterocycles. The molecule has 5 nitrogen and oxygen atoms in total. The number of piperazine rings is 1. The Morgan fingerprint density at radius 3 is 2.41 bits per heavy atom. The molecule has 5 fully saturated rings. The molecule has 1 aliphatic heterocycles. The molecule has 4 saturated carbocycles. The summed E-state index contributed by atoms with van der Waals surface area (Å²) in [6, 6.07) is 2.58. The van der Waals surface area contributed by atoms with Crippen molar-refractivity contribution in [2.75, 3.05) is 26.2 Å². The summed E-state index contributed by atoms with van der Waals surface area (Å²) in [6.07, 6.45) is 9.37. The average molecular weight is 385 g/mol. The Morgan fingerprint density at radius 1 is 1.00 bits per heavy atom. The number of hydrogen-bond acceptors (Lipinski definition) is 5. The van der Waals surface area contributed by atoms with Gasteiger partial charge in [-0.05, 0) is 55.8 Å². The largest absolute Gasteiger partial charge is 0.297 e. The molecule has 0 atom stereocenters. The zero-order chi connectivity index (χ0) is 18.0. The second kappa shape index (κ2) is 6.39. The number of hydrogen-bond donors (Lipinski definition) is 0. The van der Waals surface area contributed by atoms with Gasteiger partial charge in [0.1, 0.15) is 0 Å². The van der Waals surface area contributed by atoms with Gasteiger partial charge in [-0.1, -0.05) is 0 Å². The lowest BCUT2D eigenvalue weighted by Gasteiger charge is -2.58. The smallest absolute Gasteiger partial charge is 0.258 e. The molecule has 0 N–H and O–H groups in total. The summed E-state index contributed by atoms with van der Waals surface area (Å²) in [5, 5.41) is 1.93. The van der Waals surface area contributed by atoms with E-state index < -0.39 is 0 Å². The van der Waals surface area contributed by atoms with Crippen LogP contribution in [0.2, 0.25) is 0 Å². The minimum atomic E-state index is 0.0449. The molecule has 4 bridgehead atoms. The molecule has 7 rings (SSSR count). The molecule has 3 heterocycles. The summed E-state index contributed by atoms with van der Waals surface area (Å²) in [5.74, 6) is 4.08. The van der Waals surface area contributed by atoms with Crippen molar-refractivity contribution in [2.45, 2.75) is 44.7 Å². The van der Waals surface area contributed by atoms with Crippen molar-refractivity contribution >= 4 is 16.3 Å². The van der Waals surface area contributed by atoms with Gasteiger partial charge in [0.25, 0.3) is 5.56 Å². The van der Waals surface area contributed by atoms with Crippen LogP contribution >= 0.6 is 11.3 Å². The predicted octanol–water partition coefficient (Wildman–Crippen LogP) is 2.70. The molecule has 1 saturated heterocycles. The van der Waals surface area contributed by atoms with E-state index in [2.05, 4.69) is 14.8 Å². The van der Waals surface area contributed by atoms with Gasteiger partial charge in [-0.25, -0.2) is 4.98 Å². The van der Waals surface area contributed by atoms with Crippen LogP contribution in [0.1, 0.15) is 37.8 Å². The van der Waals surface area contributed by atoms with E-state index in [0.717, 1.165) is 60.0 Å². The Morgan fingerprint density at radius 2 is 1.70 bits per heavy atom. The van der Waals surface area contributed by atoms with Crippen LogP contribution in [-0.4, -0.2) is 51.4 Å². The Labute approximate surface area is 164 Å². The molecule has 4 aliphatic carbocycles. The molecule has 5 aliphatic rings. The van der Waals surface area contributed by atoms with E-state index in [0.29, 0.717) is 0 Å². The van der Waals surface area contributed by atoms with E-state index in [1.54, 1.807) is 10.5 Å². The highest BCUT2D eigenvalue weighted by molar-refractivity contribution is 7.15. The van der Waals surface area contributed by atoms with Gasteiger partial charge in [-0.15, -0.1) is 11.3 Å². The third kappa shape index (κ3) is 2.88. The maximum absolute atomic E-state index is 12.2. The number of fused-ring (bicyclic) bond motifs is 1. The molecule has 0 unspecified atom stereocenters. The summed E-state index contributed by atoms with van der Waals surface area (Å²) in [4.78, 5) is 23.0. The van der Waals surface area contributed by atoms with Crippen molar-refractivity contribution in [3.05, 3.63) is 33.7 Å². The first-order valence-corrected chi connectivity index (χ1v) is 11.5. The Hall–Kier alpha value is -1.24. The highest BCUT2D eigenvalue weighted by atomic mass is 32.1. The van der Waals surface area contributed by atoms with Crippen molar-refractivity contribution in [3.63, 3.8) is 0 Å². The maximum Gasteiger partial charge on any atom is 0.258 e. The van der Waals surface area contributed by atoms with Crippen LogP contribution in [-0.2, 0) is 6.54 Å². The van der Waals surface area contributed by atoms with Gasteiger partial charge in [-0.3, -0.25) is 19.0 Å². The molecule has 144 valence electrons. The summed E-state index contributed by atoms with van der Waals surface area (Å²) < 4.78 is 1.64. The lowest BCUT2D eigenvalue weighted by Crippen LogP contribution is -2.60. The van der Waals surface area contributed by atoms with Crippen molar-refractivity contribution in [1.82, 2.24) is 19.2 Å². The monoisotopic (exact) mass is 384 g/mol. The number of nitrogens with zero attached hydrogens (tertiary/aromatic N) is 4. The van der Waals surface area contributed by atoms with Gasteiger partial charge < -0.3 is 0 Å². The third-order valence-corrected chi connectivity index (χ3v) is 8.50. The second-order valence-electron chi connectivity index (χ2n) is 9.37. The lowest BCUT2D eigenvalue weighted by atomic mass is 9.54. The van der Waals surface area contributed by atoms with E-state index >= 15 is 0 Å². The van der Waals surface area contributed by atoms with Gasteiger partial charge in [0.05, 0.1) is 5.69 Å². The molecule has 0 amide bonds. The standard InChI is InChI=1S/C21H28N4OS/c26-19-12-18(22-21-25(19)5-6-27-21)13-23-1-3-24(4-2-23)20-16-8-14-7-15(10-16)11-17(20)9-14/h5-6,12,14-17,20H,1-4,7-11,13H2. The van der Waals surface area contributed by atoms with E-state index in [4.69, 9.17) is 0 Å². The fourth-order valence-electron chi connectivity index (χ4n) is 6.91. The van der Waals surface area contributed by atoms with Crippen LogP contribution in [0.15, 0.2) is 22.4 Å². The van der Waals surface area contributed by atoms with E-state index in [1.165, 1.54) is 56.5 Å². The summed E-state index contributed by atoms with van der Waals surface area (Å²) in [7, 11) is 0. The Kier molecular flexibility index (Phi) is 3.95. The van der Waals surface area contributed by atoms with E-state index in [-0.39, 0.29) is 5.56 Å². The minimum absolute atomic E-state index is 0.0449. The summed E-state index contributed by atoms with van der Waals surface area (Å²) in [6.45, 7) is 5.39. The first-order valence-electron chi connectivity index (χ1n) is 10.6. The van der Waals surface area contributed by atoms with Crippen molar-refractivity contribution in [2.24, 2.45) is 23.7 Å². The number of thiazole rings is 1. The third-order valence-electron chi connectivity index (χ3n) is 7.75. The van der Waals surface area contributed by atoms with E-state index in [1.807, 2.05) is 11.6 Å². The van der Waals surface area contributed by atoms with Crippen LogP contribution in [0.3, 0.4) is 0 Å². The Bertz CT molecular complexity index is 869. The average Bonchev–Trinajstić information content (AvgIpc) is 3.11. The minimum Gasteiger partial charge on any atom is -0.297 e. The Balaban J connectivity index is 1.12. The first-order chi connectivity index (χ1) is 13.2. The quantitative estimate of drug-likeness (QED) is 0.816. The fourth-order valence-corrected chi connectivity index (χ4v) is 7.65. The molecule has 0 aromatic carbocycles. The summed E-state index contributed by atoms with van der Waals surface area (Å²) in [5.41, 5.74) is 0.967. The second-order valence-corrected chi connectivity index (χ2v) is 10.2. The lowest BCUT2D eigenvalue weighted by molar-refractivity contribution is -0.0769. The predicted molar refractivity (Wildman–Crippen MR) is 107 cm³/mol. The van der Waals surface area contributed by atoms with Gasteiger partial charge in [-0.2, -0.15) is 0 Å². The molecule has 0 radical (unpaired) electrons. The molecule has 6 heteroatoms. The maximum atomic E-state index is 12.2.